The van der Waals surface area contributed by atoms with Crippen LogP contribution in [0.5, 0.6) is 0 Å². The SMILES string of the molecule is COCCNCc1cnc(C2CCc3ccccc32)[nH]1. The predicted molar refractivity (Wildman–Crippen MR) is 78.8 cm³/mol. The summed E-state index contributed by atoms with van der Waals surface area (Å²) in [7, 11) is 1.72. The van der Waals surface area contributed by atoms with Crippen LogP contribution in [0.1, 0.15) is 35.0 Å². The Kier molecular flexibility index (Phi) is 4.14. The van der Waals surface area contributed by atoms with Crippen molar-refractivity contribution in [3.8, 4) is 0 Å². The zero-order chi connectivity index (χ0) is 13.8. The average Bonchev–Trinajstić information content (AvgIpc) is 3.10. The van der Waals surface area contributed by atoms with Crippen molar-refractivity contribution in [3.63, 3.8) is 0 Å². The molecule has 1 aliphatic carbocycles. The second-order valence-electron chi connectivity index (χ2n) is 5.25. The summed E-state index contributed by atoms with van der Waals surface area (Å²) in [6.45, 7) is 2.40. The first-order valence-electron chi connectivity index (χ1n) is 7.19. The van der Waals surface area contributed by atoms with Crippen LogP contribution in [0, 0.1) is 0 Å². The van der Waals surface area contributed by atoms with E-state index in [1.807, 2.05) is 6.20 Å². The summed E-state index contributed by atoms with van der Waals surface area (Å²) in [5, 5.41) is 3.33. The Morgan fingerprint density at radius 2 is 2.30 bits per heavy atom. The van der Waals surface area contributed by atoms with Crippen LogP contribution in [0.2, 0.25) is 0 Å². The number of aromatic nitrogens is 2. The Morgan fingerprint density at radius 3 is 3.20 bits per heavy atom. The fourth-order valence-corrected chi connectivity index (χ4v) is 2.88. The van der Waals surface area contributed by atoms with E-state index < -0.39 is 0 Å². The van der Waals surface area contributed by atoms with Crippen molar-refractivity contribution in [2.75, 3.05) is 20.3 Å². The summed E-state index contributed by atoms with van der Waals surface area (Å²) in [5.41, 5.74) is 4.04. The number of nitrogens with zero attached hydrogens (tertiary/aromatic N) is 1. The largest absolute Gasteiger partial charge is 0.383 e. The zero-order valence-corrected chi connectivity index (χ0v) is 11.9. The maximum atomic E-state index is 5.02. The second-order valence-corrected chi connectivity index (χ2v) is 5.25. The zero-order valence-electron chi connectivity index (χ0n) is 11.9. The Morgan fingerprint density at radius 1 is 1.40 bits per heavy atom. The van der Waals surface area contributed by atoms with Gasteiger partial charge < -0.3 is 15.0 Å². The highest BCUT2D eigenvalue weighted by atomic mass is 16.5. The van der Waals surface area contributed by atoms with Crippen LogP contribution in [-0.4, -0.2) is 30.2 Å². The lowest BCUT2D eigenvalue weighted by Crippen LogP contribution is -2.18. The highest BCUT2D eigenvalue weighted by molar-refractivity contribution is 5.38. The summed E-state index contributed by atoms with van der Waals surface area (Å²) >= 11 is 0. The molecule has 0 saturated heterocycles. The van der Waals surface area contributed by atoms with Crippen molar-refractivity contribution in [1.82, 2.24) is 15.3 Å². The molecule has 0 spiro atoms. The fraction of sp³-hybridized carbons (Fsp3) is 0.438. The standard InChI is InChI=1S/C16H21N3O/c1-20-9-8-17-10-13-11-18-16(19-13)15-7-6-12-4-2-3-5-14(12)15/h2-5,11,15,17H,6-10H2,1H3,(H,18,19). The summed E-state index contributed by atoms with van der Waals surface area (Å²) in [4.78, 5) is 8.03. The third-order valence-electron chi connectivity index (χ3n) is 3.91. The van der Waals surface area contributed by atoms with E-state index in [-0.39, 0.29) is 0 Å². The van der Waals surface area contributed by atoms with Gasteiger partial charge in [-0.2, -0.15) is 0 Å². The molecular formula is C16H21N3O. The van der Waals surface area contributed by atoms with E-state index in [4.69, 9.17) is 4.74 Å². The van der Waals surface area contributed by atoms with Crippen molar-refractivity contribution < 1.29 is 4.74 Å². The van der Waals surface area contributed by atoms with Crippen LogP contribution in [0.15, 0.2) is 30.5 Å². The van der Waals surface area contributed by atoms with E-state index in [1.54, 1.807) is 7.11 Å². The van der Waals surface area contributed by atoms with Gasteiger partial charge in [-0.15, -0.1) is 0 Å². The van der Waals surface area contributed by atoms with E-state index in [0.717, 1.165) is 44.1 Å². The number of ether oxygens (including phenoxy) is 1. The number of methoxy groups -OCH3 is 1. The number of rotatable bonds is 6. The molecule has 1 unspecified atom stereocenters. The minimum atomic E-state index is 0.430. The molecule has 3 rings (SSSR count). The molecule has 106 valence electrons. The molecule has 1 aromatic carbocycles. The van der Waals surface area contributed by atoms with Crippen LogP contribution in [0.3, 0.4) is 0 Å². The smallest absolute Gasteiger partial charge is 0.113 e. The first kappa shape index (κ1) is 13.3. The molecule has 1 aliphatic rings. The number of aryl methyl sites for hydroxylation is 1. The lowest BCUT2D eigenvalue weighted by atomic mass is 10.0. The Hall–Kier alpha value is -1.65. The van der Waals surface area contributed by atoms with Gasteiger partial charge in [0, 0.05) is 38.0 Å². The molecule has 0 saturated carbocycles. The molecule has 1 atom stereocenters. The lowest BCUT2D eigenvalue weighted by Gasteiger charge is -2.08. The Labute approximate surface area is 119 Å². The number of benzene rings is 1. The number of aromatic amines is 1. The van der Waals surface area contributed by atoms with Crippen LogP contribution in [-0.2, 0) is 17.7 Å². The maximum Gasteiger partial charge on any atom is 0.113 e. The van der Waals surface area contributed by atoms with E-state index in [9.17, 15) is 0 Å². The highest BCUT2D eigenvalue weighted by Crippen LogP contribution is 2.36. The molecule has 4 nitrogen and oxygen atoms in total. The maximum absolute atomic E-state index is 5.02. The first-order valence-corrected chi connectivity index (χ1v) is 7.19. The van der Waals surface area contributed by atoms with Gasteiger partial charge in [-0.1, -0.05) is 24.3 Å². The van der Waals surface area contributed by atoms with Gasteiger partial charge in [0.05, 0.1) is 6.61 Å². The molecule has 1 aromatic heterocycles. The molecule has 0 fully saturated rings. The topological polar surface area (TPSA) is 49.9 Å². The first-order chi connectivity index (χ1) is 9.88. The number of hydrogen-bond donors (Lipinski definition) is 2. The molecule has 0 radical (unpaired) electrons. The van der Waals surface area contributed by atoms with Crippen molar-refractivity contribution in [2.24, 2.45) is 0 Å². The van der Waals surface area contributed by atoms with E-state index in [0.29, 0.717) is 5.92 Å². The van der Waals surface area contributed by atoms with Crippen LogP contribution >= 0.6 is 0 Å². The fourth-order valence-electron chi connectivity index (χ4n) is 2.88. The highest BCUT2D eigenvalue weighted by Gasteiger charge is 2.25. The normalized spacial score (nSPS) is 17.4. The van der Waals surface area contributed by atoms with Gasteiger partial charge >= 0.3 is 0 Å². The Bertz CT molecular complexity index is 564. The summed E-state index contributed by atoms with van der Waals surface area (Å²) in [6.07, 6.45) is 4.25. The predicted octanol–water partition coefficient (Wildman–Crippen LogP) is 2.22. The molecule has 2 aromatic rings. The number of hydrogen-bond acceptors (Lipinski definition) is 3. The minimum absolute atomic E-state index is 0.430. The number of imidazole rings is 1. The quantitative estimate of drug-likeness (QED) is 0.792. The van der Waals surface area contributed by atoms with Gasteiger partial charge in [0.1, 0.15) is 5.82 Å². The minimum Gasteiger partial charge on any atom is -0.383 e. The molecule has 4 heteroatoms. The molecule has 0 amide bonds. The van der Waals surface area contributed by atoms with E-state index >= 15 is 0 Å². The molecule has 2 N–H and O–H groups in total. The molecule has 20 heavy (non-hydrogen) atoms. The van der Waals surface area contributed by atoms with Crippen LogP contribution in [0.25, 0.3) is 0 Å². The van der Waals surface area contributed by atoms with Crippen LogP contribution < -0.4 is 5.32 Å². The summed E-state index contributed by atoms with van der Waals surface area (Å²) in [5.74, 6) is 1.53. The van der Waals surface area contributed by atoms with Crippen LogP contribution in [0.4, 0.5) is 0 Å². The molecule has 0 bridgehead atoms. The third-order valence-corrected chi connectivity index (χ3v) is 3.91. The van der Waals surface area contributed by atoms with Gasteiger partial charge in [0.2, 0.25) is 0 Å². The summed E-state index contributed by atoms with van der Waals surface area (Å²) in [6, 6.07) is 8.69. The lowest BCUT2D eigenvalue weighted by molar-refractivity contribution is 0.199. The Balaban J connectivity index is 1.66. The molecule has 0 aliphatic heterocycles. The van der Waals surface area contributed by atoms with E-state index in [1.165, 1.54) is 11.1 Å². The van der Waals surface area contributed by atoms with Crippen molar-refractivity contribution in [1.29, 1.82) is 0 Å². The number of nitrogens with one attached hydrogen (secondary N) is 2. The molecular weight excluding hydrogens is 250 g/mol. The number of H-pyrrole nitrogens is 1. The monoisotopic (exact) mass is 271 g/mol. The van der Waals surface area contributed by atoms with Crippen molar-refractivity contribution in [2.45, 2.75) is 25.3 Å². The van der Waals surface area contributed by atoms with Gasteiger partial charge in [-0.05, 0) is 24.0 Å². The van der Waals surface area contributed by atoms with Crippen molar-refractivity contribution in [3.05, 3.63) is 53.1 Å². The second kappa shape index (κ2) is 6.20. The van der Waals surface area contributed by atoms with Crippen molar-refractivity contribution >= 4 is 0 Å². The van der Waals surface area contributed by atoms with Gasteiger partial charge in [0.25, 0.3) is 0 Å². The molecule has 1 heterocycles. The van der Waals surface area contributed by atoms with E-state index in [2.05, 4.69) is 39.6 Å². The van der Waals surface area contributed by atoms with Gasteiger partial charge in [-0.3, -0.25) is 0 Å². The summed E-state index contributed by atoms with van der Waals surface area (Å²) < 4.78 is 5.02. The average molecular weight is 271 g/mol. The van der Waals surface area contributed by atoms with Gasteiger partial charge in [-0.25, -0.2) is 4.98 Å². The third kappa shape index (κ3) is 2.76. The van der Waals surface area contributed by atoms with Gasteiger partial charge in [0.15, 0.2) is 0 Å². The number of fused-ring (bicyclic) bond motifs is 1.